The third kappa shape index (κ3) is 6.49. The Labute approximate surface area is 266 Å². The normalized spacial score (nSPS) is 15.5. The quantitative estimate of drug-likeness (QED) is 0.159. The summed E-state index contributed by atoms with van der Waals surface area (Å²) in [4.78, 5) is 32.8. The van der Waals surface area contributed by atoms with Crippen LogP contribution in [0.3, 0.4) is 0 Å². The average Bonchev–Trinajstić information content (AvgIpc) is 3.70. The molecule has 4 heterocycles. The van der Waals surface area contributed by atoms with Gasteiger partial charge in [-0.1, -0.05) is 41.9 Å². The third-order valence-corrected chi connectivity index (χ3v) is 8.64. The number of carbonyl (C=O) groups excluding carboxylic acids is 2. The van der Waals surface area contributed by atoms with Gasteiger partial charge in [0, 0.05) is 56.2 Å². The van der Waals surface area contributed by atoms with Gasteiger partial charge < -0.3 is 31.1 Å². The van der Waals surface area contributed by atoms with Crippen LogP contribution in [0.25, 0.3) is 11.1 Å². The van der Waals surface area contributed by atoms with Gasteiger partial charge in [0.1, 0.15) is 5.69 Å². The first-order valence-electron chi connectivity index (χ1n) is 15.2. The Balaban J connectivity index is 1.20. The zero-order chi connectivity index (χ0) is 31.3. The Hall–Kier alpha value is -4.13. The van der Waals surface area contributed by atoms with Crippen molar-refractivity contribution >= 4 is 34.8 Å². The molecule has 5 N–H and O–H groups in total. The van der Waals surface area contributed by atoms with E-state index in [1.54, 1.807) is 23.2 Å². The van der Waals surface area contributed by atoms with Crippen LogP contribution in [0.1, 0.15) is 56.7 Å². The first kappa shape index (κ1) is 30.9. The van der Waals surface area contributed by atoms with Gasteiger partial charge in [-0.25, -0.2) is 0 Å². The fourth-order valence-electron chi connectivity index (χ4n) is 6.07. The second-order valence-electron chi connectivity index (χ2n) is 11.1. The van der Waals surface area contributed by atoms with Crippen molar-refractivity contribution in [3.8, 4) is 11.1 Å². The second-order valence-corrected chi connectivity index (χ2v) is 11.5. The average molecular weight is 630 g/mol. The van der Waals surface area contributed by atoms with Crippen LogP contribution in [0.5, 0.6) is 0 Å². The summed E-state index contributed by atoms with van der Waals surface area (Å²) in [6.45, 7) is 2.90. The molecule has 234 valence electrons. The lowest BCUT2D eigenvalue weighted by Gasteiger charge is -2.24. The van der Waals surface area contributed by atoms with Crippen molar-refractivity contribution in [3.63, 3.8) is 0 Å². The van der Waals surface area contributed by atoms with Crippen molar-refractivity contribution in [2.45, 2.75) is 38.4 Å². The van der Waals surface area contributed by atoms with Crippen molar-refractivity contribution in [3.05, 3.63) is 94.0 Å². The van der Waals surface area contributed by atoms with Crippen molar-refractivity contribution in [2.24, 2.45) is 0 Å². The molecule has 0 spiro atoms. The Morgan fingerprint density at radius 1 is 0.978 bits per heavy atom. The number of nitrogens with zero attached hydrogens (tertiary/aromatic N) is 4. The highest BCUT2D eigenvalue weighted by atomic mass is 35.5. The maximum absolute atomic E-state index is 13.8. The molecule has 0 bridgehead atoms. The summed E-state index contributed by atoms with van der Waals surface area (Å²) in [5.41, 5.74) is 6.49. The van der Waals surface area contributed by atoms with Crippen LogP contribution in [0.15, 0.2) is 60.8 Å². The highest BCUT2D eigenvalue weighted by Gasteiger charge is 2.31. The highest BCUT2D eigenvalue weighted by Crippen LogP contribution is 2.41. The molecule has 1 atom stereocenters. The van der Waals surface area contributed by atoms with Gasteiger partial charge in [0.2, 0.25) is 0 Å². The van der Waals surface area contributed by atoms with Crippen LogP contribution in [0, 0.1) is 0 Å². The van der Waals surface area contributed by atoms with Gasteiger partial charge in [0.25, 0.3) is 11.8 Å². The molecular weight excluding hydrogens is 594 g/mol. The van der Waals surface area contributed by atoms with E-state index in [9.17, 15) is 14.7 Å². The van der Waals surface area contributed by atoms with E-state index in [-0.39, 0.29) is 36.8 Å². The molecule has 2 aromatic heterocycles. The van der Waals surface area contributed by atoms with E-state index in [1.807, 2.05) is 47.1 Å². The topological polar surface area (TPSA) is 145 Å². The van der Waals surface area contributed by atoms with E-state index in [0.29, 0.717) is 49.0 Å². The number of pyridine rings is 1. The summed E-state index contributed by atoms with van der Waals surface area (Å²) in [5, 5.41) is 32.5. The number of aryl methyl sites for hydroxylation is 1. The zero-order valence-corrected chi connectivity index (χ0v) is 25.6. The summed E-state index contributed by atoms with van der Waals surface area (Å²) in [6, 6.07) is 16.7. The van der Waals surface area contributed by atoms with Crippen LogP contribution in [0.2, 0.25) is 5.02 Å². The van der Waals surface area contributed by atoms with Crippen LogP contribution < -0.4 is 20.9 Å². The SMILES string of the molecule is O=C(Nc1cccc(-c2cccc3c2CCN3C(=O)c2cc3n(n2)CCCC3NCCO)c1Cl)c1ccc(CNCCO)cn1. The van der Waals surface area contributed by atoms with E-state index >= 15 is 0 Å². The molecule has 2 amide bonds. The number of aliphatic hydroxyl groups excluding tert-OH is 2. The molecule has 2 aliphatic heterocycles. The summed E-state index contributed by atoms with van der Waals surface area (Å²) in [6.07, 6.45) is 4.17. The Morgan fingerprint density at radius 2 is 1.80 bits per heavy atom. The standard InChI is InChI=1S/C33H36ClN7O4/c34-31-24(5-1-6-26(31)38-32(44)27-10-9-21(20-37-27)19-35-12-16-42)22-4-2-8-29-23(22)11-15-40(29)33(45)28-18-30-25(36-13-17-43)7-3-14-41(30)39-28/h1-2,4-6,8-10,18,20,25,35-36,42-43H,3,7,11-17,19H2,(H,38,44). The minimum atomic E-state index is -0.379. The molecule has 0 radical (unpaired) electrons. The number of rotatable bonds is 11. The Kier molecular flexibility index (Phi) is 9.53. The second kappa shape index (κ2) is 13.9. The number of aromatic nitrogens is 3. The number of fused-ring (bicyclic) bond motifs is 2. The van der Waals surface area contributed by atoms with E-state index in [4.69, 9.17) is 16.7 Å². The molecule has 6 rings (SSSR count). The molecule has 0 saturated heterocycles. The predicted molar refractivity (Wildman–Crippen MR) is 173 cm³/mol. The molecule has 0 aliphatic carbocycles. The monoisotopic (exact) mass is 629 g/mol. The number of halogens is 1. The smallest absolute Gasteiger partial charge is 0.278 e. The number of amides is 2. The van der Waals surface area contributed by atoms with Gasteiger partial charge in [-0.05, 0) is 60.2 Å². The largest absolute Gasteiger partial charge is 0.395 e. The molecule has 1 unspecified atom stereocenters. The summed E-state index contributed by atoms with van der Waals surface area (Å²) < 4.78 is 1.90. The van der Waals surface area contributed by atoms with Gasteiger partial charge in [-0.3, -0.25) is 19.3 Å². The summed E-state index contributed by atoms with van der Waals surface area (Å²) >= 11 is 6.90. The Bertz CT molecular complexity index is 1690. The number of nitrogens with one attached hydrogen (secondary N) is 3. The van der Waals surface area contributed by atoms with Crippen molar-refractivity contribution in [2.75, 3.05) is 43.1 Å². The maximum atomic E-state index is 13.8. The molecule has 4 aromatic rings. The lowest BCUT2D eigenvalue weighted by molar-refractivity contribution is 0.0982. The zero-order valence-electron chi connectivity index (χ0n) is 24.8. The Morgan fingerprint density at radius 3 is 2.60 bits per heavy atom. The minimum Gasteiger partial charge on any atom is -0.395 e. The van der Waals surface area contributed by atoms with Crippen molar-refractivity contribution in [1.29, 1.82) is 0 Å². The first-order chi connectivity index (χ1) is 22.0. The number of hydrogen-bond donors (Lipinski definition) is 5. The molecule has 0 fully saturated rings. The molecular formula is C33H36ClN7O4. The van der Waals surface area contributed by atoms with Crippen LogP contribution in [0.4, 0.5) is 11.4 Å². The molecule has 2 aromatic carbocycles. The summed E-state index contributed by atoms with van der Waals surface area (Å²) in [5.74, 6) is -0.529. The van der Waals surface area contributed by atoms with Crippen LogP contribution in [-0.2, 0) is 19.5 Å². The lowest BCUT2D eigenvalue weighted by Crippen LogP contribution is -2.30. The highest BCUT2D eigenvalue weighted by molar-refractivity contribution is 6.36. The molecule has 45 heavy (non-hydrogen) atoms. The van der Waals surface area contributed by atoms with Gasteiger partial charge in [-0.2, -0.15) is 5.10 Å². The van der Waals surface area contributed by atoms with Gasteiger partial charge >= 0.3 is 0 Å². The fraction of sp³-hybridized carbons (Fsp3) is 0.333. The van der Waals surface area contributed by atoms with Crippen molar-refractivity contribution < 1.29 is 19.8 Å². The maximum Gasteiger partial charge on any atom is 0.278 e. The third-order valence-electron chi connectivity index (χ3n) is 8.24. The van der Waals surface area contributed by atoms with Crippen LogP contribution in [-0.4, -0.2) is 69.6 Å². The fourth-order valence-corrected chi connectivity index (χ4v) is 6.34. The van der Waals surface area contributed by atoms with E-state index < -0.39 is 0 Å². The minimum absolute atomic E-state index is 0.0502. The van der Waals surface area contributed by atoms with Gasteiger partial charge in [-0.15, -0.1) is 0 Å². The van der Waals surface area contributed by atoms with Crippen molar-refractivity contribution in [1.82, 2.24) is 25.4 Å². The summed E-state index contributed by atoms with van der Waals surface area (Å²) in [7, 11) is 0. The predicted octanol–water partition coefficient (Wildman–Crippen LogP) is 3.55. The number of carbonyl (C=O) groups is 2. The number of anilines is 2. The lowest BCUT2D eigenvalue weighted by atomic mass is 9.97. The number of aliphatic hydroxyl groups is 2. The molecule has 0 saturated carbocycles. The molecule has 11 nitrogen and oxygen atoms in total. The van der Waals surface area contributed by atoms with Gasteiger partial charge in [0.05, 0.1) is 29.6 Å². The van der Waals surface area contributed by atoms with E-state index in [2.05, 4.69) is 26.0 Å². The van der Waals surface area contributed by atoms with Crippen LogP contribution >= 0.6 is 11.6 Å². The van der Waals surface area contributed by atoms with E-state index in [1.165, 1.54) is 0 Å². The number of benzene rings is 2. The number of hydrogen-bond acceptors (Lipinski definition) is 8. The first-order valence-corrected chi connectivity index (χ1v) is 15.6. The van der Waals surface area contributed by atoms with Gasteiger partial charge in [0.15, 0.2) is 5.69 Å². The molecule has 2 aliphatic rings. The van der Waals surface area contributed by atoms with E-state index in [0.717, 1.165) is 53.0 Å². The molecule has 12 heteroatoms.